The fourth-order valence-corrected chi connectivity index (χ4v) is 0.453. The van der Waals surface area contributed by atoms with Gasteiger partial charge in [0.15, 0.2) is 0 Å². The Kier molecular flexibility index (Phi) is 3.24. The summed E-state index contributed by atoms with van der Waals surface area (Å²) < 4.78 is 0. The molecule has 3 heteroatoms. The van der Waals surface area contributed by atoms with Crippen molar-refractivity contribution in [3.63, 3.8) is 0 Å². The van der Waals surface area contributed by atoms with Crippen LogP contribution in [0.5, 0.6) is 0 Å². The molecular weight excluding hydrogens is 116 g/mol. The van der Waals surface area contributed by atoms with Gasteiger partial charge in [-0.1, -0.05) is 0 Å². The maximum Gasteiger partial charge on any atom is 0.207 e. The van der Waals surface area contributed by atoms with Crippen LogP contribution in [-0.4, -0.2) is 18.5 Å². The van der Waals surface area contributed by atoms with Gasteiger partial charge in [0.05, 0.1) is 0 Å². The van der Waals surface area contributed by atoms with Crippen molar-refractivity contribution in [1.29, 1.82) is 0 Å². The molecule has 0 aliphatic heterocycles. The van der Waals surface area contributed by atoms with Crippen molar-refractivity contribution in [1.82, 2.24) is 5.32 Å². The first-order valence-corrected chi connectivity index (χ1v) is 3.02. The molecule has 0 spiro atoms. The Hall–Kier alpha value is -0.570. The Morgan fingerprint density at radius 3 is 2.56 bits per heavy atom. The van der Waals surface area contributed by atoms with E-state index in [1.807, 2.05) is 13.8 Å². The Balaban J connectivity index is 3.17. The van der Waals surface area contributed by atoms with Crippen LogP contribution >= 0.6 is 0 Å². The van der Waals surface area contributed by atoms with Crippen LogP contribution in [0.25, 0.3) is 0 Å². The van der Waals surface area contributed by atoms with Crippen molar-refractivity contribution >= 4 is 6.41 Å². The summed E-state index contributed by atoms with van der Waals surface area (Å²) in [6.45, 7) is 4.52. The third-order valence-corrected chi connectivity index (χ3v) is 0.997. The van der Waals surface area contributed by atoms with Crippen molar-refractivity contribution in [2.45, 2.75) is 25.8 Å². The Morgan fingerprint density at radius 1 is 1.67 bits per heavy atom. The fourth-order valence-electron chi connectivity index (χ4n) is 0.453. The second-order valence-electron chi connectivity index (χ2n) is 2.81. The number of amides is 1. The molecule has 0 aliphatic carbocycles. The molecule has 0 aromatic rings. The van der Waals surface area contributed by atoms with Crippen LogP contribution in [0.2, 0.25) is 0 Å². The lowest BCUT2D eigenvalue weighted by Gasteiger charge is -2.16. The summed E-state index contributed by atoms with van der Waals surface area (Å²) in [5.74, 6) is 0. The predicted octanol–water partition coefficient (Wildman–Crippen LogP) is -0.140. The minimum Gasteiger partial charge on any atom is -0.359 e. The Morgan fingerprint density at radius 2 is 2.22 bits per heavy atom. The molecule has 0 heterocycles. The van der Waals surface area contributed by atoms with E-state index in [1.54, 1.807) is 0 Å². The van der Waals surface area contributed by atoms with E-state index in [-0.39, 0.29) is 5.54 Å². The number of rotatable bonds is 4. The maximum absolute atomic E-state index is 9.74. The lowest BCUT2D eigenvalue weighted by atomic mass is 10.0. The molecule has 1 amide bonds. The SMILES string of the molecule is CC(C)(N)CCNC=O. The van der Waals surface area contributed by atoms with Crippen molar-refractivity contribution in [3.8, 4) is 0 Å². The number of nitrogens with one attached hydrogen (secondary N) is 1. The molecule has 0 radical (unpaired) electrons. The lowest BCUT2D eigenvalue weighted by Crippen LogP contribution is -2.35. The number of carbonyl (C=O) groups excluding carboxylic acids is 1. The highest BCUT2D eigenvalue weighted by molar-refractivity contribution is 5.45. The van der Waals surface area contributed by atoms with Crippen molar-refractivity contribution in [3.05, 3.63) is 0 Å². The monoisotopic (exact) mass is 130 g/mol. The molecule has 0 saturated carbocycles. The minimum absolute atomic E-state index is 0.171. The molecule has 0 atom stereocenters. The van der Waals surface area contributed by atoms with Crippen LogP contribution in [0.4, 0.5) is 0 Å². The highest BCUT2D eigenvalue weighted by atomic mass is 16.1. The molecule has 0 rings (SSSR count). The summed E-state index contributed by atoms with van der Waals surface area (Å²) in [5.41, 5.74) is 5.45. The zero-order valence-corrected chi connectivity index (χ0v) is 5.98. The second kappa shape index (κ2) is 3.45. The van der Waals surface area contributed by atoms with Crippen LogP contribution < -0.4 is 11.1 Å². The van der Waals surface area contributed by atoms with Crippen LogP contribution in [0.3, 0.4) is 0 Å². The van der Waals surface area contributed by atoms with E-state index in [9.17, 15) is 4.79 Å². The van der Waals surface area contributed by atoms with Gasteiger partial charge in [-0.15, -0.1) is 0 Å². The van der Waals surface area contributed by atoms with E-state index < -0.39 is 0 Å². The average molecular weight is 130 g/mol. The van der Waals surface area contributed by atoms with Crippen LogP contribution in [-0.2, 0) is 4.79 Å². The van der Waals surface area contributed by atoms with Gasteiger partial charge in [0.1, 0.15) is 0 Å². The molecule has 3 nitrogen and oxygen atoms in total. The molecule has 0 bridgehead atoms. The van der Waals surface area contributed by atoms with Crippen molar-refractivity contribution < 1.29 is 4.79 Å². The minimum atomic E-state index is -0.171. The summed E-state index contributed by atoms with van der Waals surface area (Å²) in [5, 5.41) is 2.54. The topological polar surface area (TPSA) is 55.1 Å². The normalized spacial score (nSPS) is 11.0. The van der Waals surface area contributed by atoms with Crippen LogP contribution in [0, 0.1) is 0 Å². The highest BCUT2D eigenvalue weighted by Gasteiger charge is 2.08. The smallest absolute Gasteiger partial charge is 0.207 e. The molecule has 0 aromatic carbocycles. The maximum atomic E-state index is 9.74. The van der Waals surface area contributed by atoms with E-state index in [0.717, 1.165) is 6.42 Å². The summed E-state index contributed by atoms with van der Waals surface area (Å²) in [4.78, 5) is 9.74. The number of carbonyl (C=O) groups is 1. The summed E-state index contributed by atoms with van der Waals surface area (Å²) in [7, 11) is 0. The molecule has 0 aliphatic rings. The van der Waals surface area contributed by atoms with Gasteiger partial charge in [0.2, 0.25) is 6.41 Å². The van der Waals surface area contributed by atoms with Crippen LogP contribution in [0.15, 0.2) is 0 Å². The van der Waals surface area contributed by atoms with Gasteiger partial charge in [-0.3, -0.25) is 4.79 Å². The number of nitrogens with two attached hydrogens (primary N) is 1. The summed E-state index contributed by atoms with van der Waals surface area (Å²) in [6.07, 6.45) is 1.50. The zero-order chi connectivity index (χ0) is 7.33. The first-order valence-electron chi connectivity index (χ1n) is 3.02. The van der Waals surface area contributed by atoms with Gasteiger partial charge >= 0.3 is 0 Å². The first-order chi connectivity index (χ1) is 4.06. The zero-order valence-electron chi connectivity index (χ0n) is 5.98. The van der Waals surface area contributed by atoms with Crippen LogP contribution in [0.1, 0.15) is 20.3 Å². The predicted molar refractivity (Wildman–Crippen MR) is 37.0 cm³/mol. The summed E-state index contributed by atoms with van der Waals surface area (Å²) >= 11 is 0. The second-order valence-corrected chi connectivity index (χ2v) is 2.81. The molecule has 0 unspecified atom stereocenters. The third-order valence-electron chi connectivity index (χ3n) is 0.997. The largest absolute Gasteiger partial charge is 0.359 e. The van der Waals surface area contributed by atoms with Gasteiger partial charge < -0.3 is 11.1 Å². The Bertz CT molecular complexity index is 85.5. The lowest BCUT2D eigenvalue weighted by molar-refractivity contribution is -0.109. The highest BCUT2D eigenvalue weighted by Crippen LogP contribution is 2.00. The van der Waals surface area contributed by atoms with E-state index in [2.05, 4.69) is 5.32 Å². The molecule has 3 N–H and O–H groups in total. The summed E-state index contributed by atoms with van der Waals surface area (Å²) in [6, 6.07) is 0. The molecule has 0 aromatic heterocycles. The molecule has 0 fully saturated rings. The van der Waals surface area contributed by atoms with E-state index >= 15 is 0 Å². The van der Waals surface area contributed by atoms with Crippen molar-refractivity contribution in [2.24, 2.45) is 5.73 Å². The molecular formula is C6H14N2O. The van der Waals surface area contributed by atoms with Gasteiger partial charge in [-0.2, -0.15) is 0 Å². The molecule has 9 heavy (non-hydrogen) atoms. The van der Waals surface area contributed by atoms with Gasteiger partial charge in [-0.05, 0) is 20.3 Å². The molecule has 0 saturated heterocycles. The van der Waals surface area contributed by atoms with Crippen molar-refractivity contribution in [2.75, 3.05) is 6.54 Å². The van der Waals surface area contributed by atoms with Gasteiger partial charge in [0, 0.05) is 12.1 Å². The fraction of sp³-hybridized carbons (Fsp3) is 0.833. The van der Waals surface area contributed by atoms with E-state index in [0.29, 0.717) is 13.0 Å². The number of hydrogen-bond donors (Lipinski definition) is 2. The van der Waals surface area contributed by atoms with Gasteiger partial charge in [0.25, 0.3) is 0 Å². The third kappa shape index (κ3) is 7.43. The molecule has 54 valence electrons. The number of hydrogen-bond acceptors (Lipinski definition) is 2. The van der Waals surface area contributed by atoms with Gasteiger partial charge in [-0.25, -0.2) is 0 Å². The quantitative estimate of drug-likeness (QED) is 0.411. The Labute approximate surface area is 55.6 Å². The van der Waals surface area contributed by atoms with E-state index in [4.69, 9.17) is 5.73 Å². The first kappa shape index (κ1) is 8.43. The van der Waals surface area contributed by atoms with E-state index in [1.165, 1.54) is 0 Å². The standard InChI is InChI=1S/C6H14N2O/c1-6(2,7)3-4-8-5-9/h5H,3-4,7H2,1-2H3,(H,8,9). The average Bonchev–Trinajstić information content (AvgIpc) is 1.63.